The number of hydrazine groups is 1. The Bertz CT molecular complexity index is 198. The minimum Gasteiger partial charge on any atom is -0.256 e. The summed E-state index contributed by atoms with van der Waals surface area (Å²) in [7, 11) is 0. The zero-order valence-electron chi connectivity index (χ0n) is 10.7. The van der Waals surface area contributed by atoms with Gasteiger partial charge in [0.05, 0.1) is 12.0 Å². The van der Waals surface area contributed by atoms with Crippen LogP contribution in [0.2, 0.25) is 0 Å². The molecule has 0 aromatic rings. The van der Waals surface area contributed by atoms with Crippen LogP contribution in [0.25, 0.3) is 0 Å². The standard InChI is InChI=1S/C12H25N3/c1-10(2)6-7-11(8-13)9-14-15-12(3,4)5/h10-11,14-15H,6-7,9H2,1-5H3. The van der Waals surface area contributed by atoms with Crippen molar-refractivity contribution in [3.63, 3.8) is 0 Å². The molecule has 0 spiro atoms. The summed E-state index contributed by atoms with van der Waals surface area (Å²) in [4.78, 5) is 0. The number of nitrogens with zero attached hydrogens (tertiary/aromatic N) is 1. The van der Waals surface area contributed by atoms with E-state index in [1.165, 1.54) is 0 Å². The molecule has 0 fully saturated rings. The van der Waals surface area contributed by atoms with Crippen LogP contribution in [0.4, 0.5) is 0 Å². The third kappa shape index (κ3) is 9.71. The van der Waals surface area contributed by atoms with Crippen molar-refractivity contribution < 1.29 is 0 Å². The van der Waals surface area contributed by atoms with Crippen molar-refractivity contribution >= 4 is 0 Å². The third-order valence-corrected chi connectivity index (χ3v) is 2.09. The molecule has 0 aliphatic carbocycles. The lowest BCUT2D eigenvalue weighted by molar-refractivity contribution is 0.335. The first-order valence-electron chi connectivity index (χ1n) is 5.75. The summed E-state index contributed by atoms with van der Waals surface area (Å²) in [5.41, 5.74) is 6.35. The second kappa shape index (κ2) is 6.81. The van der Waals surface area contributed by atoms with E-state index in [2.05, 4.69) is 51.5 Å². The summed E-state index contributed by atoms with van der Waals surface area (Å²) in [5.74, 6) is 0.790. The van der Waals surface area contributed by atoms with E-state index in [4.69, 9.17) is 5.26 Å². The highest BCUT2D eigenvalue weighted by Crippen LogP contribution is 2.10. The van der Waals surface area contributed by atoms with Gasteiger partial charge in [0.15, 0.2) is 0 Å². The Morgan fingerprint density at radius 1 is 1.20 bits per heavy atom. The Balaban J connectivity index is 3.68. The summed E-state index contributed by atoms with van der Waals surface area (Å²) in [6.07, 6.45) is 2.10. The molecule has 88 valence electrons. The van der Waals surface area contributed by atoms with Gasteiger partial charge in [0, 0.05) is 12.1 Å². The van der Waals surface area contributed by atoms with Crippen molar-refractivity contribution in [2.45, 2.75) is 53.0 Å². The van der Waals surface area contributed by atoms with Crippen molar-refractivity contribution in [1.82, 2.24) is 10.9 Å². The fourth-order valence-corrected chi connectivity index (χ4v) is 1.19. The minimum atomic E-state index is 0.0536. The van der Waals surface area contributed by atoms with Crippen LogP contribution in [-0.2, 0) is 0 Å². The largest absolute Gasteiger partial charge is 0.256 e. The van der Waals surface area contributed by atoms with E-state index in [-0.39, 0.29) is 11.5 Å². The van der Waals surface area contributed by atoms with Crippen LogP contribution < -0.4 is 10.9 Å². The molecule has 1 unspecified atom stereocenters. The quantitative estimate of drug-likeness (QED) is 0.663. The van der Waals surface area contributed by atoms with Gasteiger partial charge in [-0.2, -0.15) is 5.26 Å². The van der Waals surface area contributed by atoms with Crippen LogP contribution in [0, 0.1) is 23.2 Å². The number of rotatable bonds is 6. The highest BCUT2D eigenvalue weighted by Gasteiger charge is 2.11. The number of hydrogen-bond acceptors (Lipinski definition) is 3. The molecule has 0 bridgehead atoms. The lowest BCUT2D eigenvalue weighted by atomic mass is 9.99. The molecule has 2 N–H and O–H groups in total. The molecule has 0 rings (SSSR count). The van der Waals surface area contributed by atoms with Crippen molar-refractivity contribution in [1.29, 1.82) is 5.26 Å². The molecule has 0 saturated carbocycles. The SMILES string of the molecule is CC(C)CCC(C#N)CNNC(C)(C)C. The van der Waals surface area contributed by atoms with E-state index in [1.807, 2.05) is 0 Å². The Hall–Kier alpha value is -0.590. The first kappa shape index (κ1) is 14.4. The molecule has 0 radical (unpaired) electrons. The predicted octanol–water partition coefficient (Wildman–Crippen LogP) is 2.46. The lowest BCUT2D eigenvalue weighted by Gasteiger charge is -2.22. The molecule has 3 nitrogen and oxygen atoms in total. The Labute approximate surface area is 94.2 Å². The number of nitrogens with one attached hydrogen (secondary N) is 2. The zero-order valence-corrected chi connectivity index (χ0v) is 10.7. The first-order valence-corrected chi connectivity index (χ1v) is 5.75. The van der Waals surface area contributed by atoms with Crippen LogP contribution in [0.15, 0.2) is 0 Å². The Kier molecular flexibility index (Phi) is 6.55. The second-order valence-corrected chi connectivity index (χ2v) is 5.55. The molecule has 0 aliphatic rings. The van der Waals surface area contributed by atoms with Crippen molar-refractivity contribution in [3.8, 4) is 6.07 Å². The summed E-state index contributed by atoms with van der Waals surface area (Å²) in [6, 6.07) is 2.34. The van der Waals surface area contributed by atoms with Gasteiger partial charge in [-0.05, 0) is 39.5 Å². The monoisotopic (exact) mass is 211 g/mol. The van der Waals surface area contributed by atoms with Gasteiger partial charge in [-0.1, -0.05) is 13.8 Å². The molecule has 0 saturated heterocycles. The van der Waals surface area contributed by atoms with Gasteiger partial charge in [-0.15, -0.1) is 0 Å². The van der Waals surface area contributed by atoms with Gasteiger partial charge >= 0.3 is 0 Å². The maximum absolute atomic E-state index is 8.95. The van der Waals surface area contributed by atoms with Gasteiger partial charge in [-0.3, -0.25) is 10.9 Å². The lowest BCUT2D eigenvalue weighted by Crippen LogP contribution is -2.47. The zero-order chi connectivity index (χ0) is 11.9. The number of hydrogen-bond donors (Lipinski definition) is 2. The fourth-order valence-electron chi connectivity index (χ4n) is 1.19. The molecule has 0 aliphatic heterocycles. The average Bonchev–Trinajstić information content (AvgIpc) is 2.08. The van der Waals surface area contributed by atoms with E-state index in [0.29, 0.717) is 5.92 Å². The molecule has 15 heavy (non-hydrogen) atoms. The van der Waals surface area contributed by atoms with Crippen molar-refractivity contribution in [2.24, 2.45) is 11.8 Å². The Morgan fingerprint density at radius 2 is 1.80 bits per heavy atom. The molecule has 0 aromatic heterocycles. The van der Waals surface area contributed by atoms with Gasteiger partial charge in [0.2, 0.25) is 0 Å². The van der Waals surface area contributed by atoms with Crippen LogP contribution in [0.3, 0.4) is 0 Å². The fraction of sp³-hybridized carbons (Fsp3) is 0.917. The minimum absolute atomic E-state index is 0.0536. The molecular weight excluding hydrogens is 186 g/mol. The average molecular weight is 211 g/mol. The summed E-state index contributed by atoms with van der Waals surface area (Å²) < 4.78 is 0. The van der Waals surface area contributed by atoms with Crippen molar-refractivity contribution in [2.75, 3.05) is 6.54 Å². The van der Waals surface area contributed by atoms with Gasteiger partial charge < -0.3 is 0 Å². The highest BCUT2D eigenvalue weighted by molar-refractivity contribution is 4.84. The predicted molar refractivity (Wildman–Crippen MR) is 64.1 cm³/mol. The van der Waals surface area contributed by atoms with Gasteiger partial charge in [0.1, 0.15) is 0 Å². The maximum atomic E-state index is 8.95. The van der Waals surface area contributed by atoms with Gasteiger partial charge in [0.25, 0.3) is 0 Å². The normalized spacial score (nSPS) is 13.9. The van der Waals surface area contributed by atoms with E-state index in [9.17, 15) is 0 Å². The van der Waals surface area contributed by atoms with Crippen LogP contribution in [-0.4, -0.2) is 12.1 Å². The second-order valence-electron chi connectivity index (χ2n) is 5.55. The number of nitriles is 1. The van der Waals surface area contributed by atoms with E-state index < -0.39 is 0 Å². The van der Waals surface area contributed by atoms with E-state index in [0.717, 1.165) is 19.4 Å². The Morgan fingerprint density at radius 3 is 2.20 bits per heavy atom. The summed E-state index contributed by atoms with van der Waals surface area (Å²) in [6.45, 7) is 11.4. The highest BCUT2D eigenvalue weighted by atomic mass is 15.4. The molecule has 0 heterocycles. The molecule has 3 heteroatoms. The van der Waals surface area contributed by atoms with Crippen LogP contribution in [0.1, 0.15) is 47.5 Å². The summed E-state index contributed by atoms with van der Waals surface area (Å²) >= 11 is 0. The molecule has 0 aromatic carbocycles. The smallest absolute Gasteiger partial charge is 0.0669 e. The third-order valence-electron chi connectivity index (χ3n) is 2.09. The summed E-state index contributed by atoms with van der Waals surface area (Å²) in [5, 5.41) is 8.95. The molecular formula is C12H25N3. The molecule has 0 amide bonds. The van der Waals surface area contributed by atoms with E-state index in [1.54, 1.807) is 0 Å². The van der Waals surface area contributed by atoms with Crippen LogP contribution >= 0.6 is 0 Å². The first-order chi connectivity index (χ1) is 6.85. The van der Waals surface area contributed by atoms with Crippen molar-refractivity contribution in [3.05, 3.63) is 0 Å². The topological polar surface area (TPSA) is 47.9 Å². The van der Waals surface area contributed by atoms with E-state index >= 15 is 0 Å². The molecule has 1 atom stereocenters. The van der Waals surface area contributed by atoms with Crippen LogP contribution in [0.5, 0.6) is 0 Å². The maximum Gasteiger partial charge on any atom is 0.0669 e. The van der Waals surface area contributed by atoms with Gasteiger partial charge in [-0.25, -0.2) is 0 Å².